The minimum atomic E-state index is -0.539. The Morgan fingerprint density at radius 2 is 2.28 bits per heavy atom. The lowest BCUT2D eigenvalue weighted by Gasteiger charge is -2.00. The van der Waals surface area contributed by atoms with Crippen molar-refractivity contribution in [2.45, 2.75) is 38.8 Å². The summed E-state index contributed by atoms with van der Waals surface area (Å²) in [6.45, 7) is 0.412. The fourth-order valence-electron chi connectivity index (χ4n) is 2.02. The molecule has 1 aliphatic rings. The molecule has 0 aliphatic carbocycles. The van der Waals surface area contributed by atoms with E-state index in [2.05, 4.69) is 11.0 Å². The highest BCUT2D eigenvalue weighted by Gasteiger charge is 2.17. The van der Waals surface area contributed by atoms with Crippen LogP contribution in [0.15, 0.2) is 4.79 Å². The van der Waals surface area contributed by atoms with Gasteiger partial charge in [-0.25, -0.2) is 9.48 Å². The molecule has 0 atom stereocenters. The Morgan fingerprint density at radius 3 is 3.06 bits per heavy atom. The minimum absolute atomic E-state index is 0.0822. The zero-order valence-electron chi connectivity index (χ0n) is 10.1. The number of nitrogens with zero attached hydrogens (tertiary/aromatic N) is 3. The molecule has 0 saturated carbocycles. The molecule has 0 N–H and O–H groups in total. The van der Waals surface area contributed by atoms with Crippen LogP contribution in [0.5, 0.6) is 0 Å². The number of rotatable bonds is 3. The summed E-state index contributed by atoms with van der Waals surface area (Å²) < 4.78 is 7.52. The van der Waals surface area contributed by atoms with Gasteiger partial charge < -0.3 is 4.74 Å². The molecule has 0 bridgehead atoms. The highest BCUT2D eigenvalue weighted by Crippen LogP contribution is 2.10. The van der Waals surface area contributed by atoms with E-state index in [0.29, 0.717) is 6.54 Å². The predicted octanol–water partition coefficient (Wildman–Crippen LogP) is -0.0524. The summed E-state index contributed by atoms with van der Waals surface area (Å²) in [5, 5.41) is 4.17. The monoisotopic (exact) mass is 249 g/mol. The molecule has 2 rings (SSSR count). The third-order valence-corrected chi connectivity index (χ3v) is 2.88. The van der Waals surface area contributed by atoms with Crippen LogP contribution >= 0.6 is 0 Å². The van der Waals surface area contributed by atoms with Gasteiger partial charge in [-0.15, -0.1) is 6.42 Å². The molecule has 0 radical (unpaired) electrons. The van der Waals surface area contributed by atoms with Crippen molar-refractivity contribution < 1.29 is 9.53 Å². The van der Waals surface area contributed by atoms with Gasteiger partial charge in [0.15, 0.2) is 6.61 Å². The van der Waals surface area contributed by atoms with Gasteiger partial charge >= 0.3 is 11.7 Å². The molecule has 1 aromatic heterocycles. The molecule has 0 aromatic carbocycles. The van der Waals surface area contributed by atoms with Gasteiger partial charge in [-0.2, -0.15) is 5.10 Å². The lowest BCUT2D eigenvalue weighted by molar-refractivity contribution is -0.143. The average Bonchev–Trinajstić information content (AvgIpc) is 2.57. The van der Waals surface area contributed by atoms with Crippen molar-refractivity contribution in [3.8, 4) is 12.3 Å². The third kappa shape index (κ3) is 2.62. The minimum Gasteiger partial charge on any atom is -0.451 e. The highest BCUT2D eigenvalue weighted by molar-refractivity contribution is 5.69. The Kier molecular flexibility index (Phi) is 3.82. The molecule has 0 amide bonds. The summed E-state index contributed by atoms with van der Waals surface area (Å²) in [6, 6.07) is 0. The maximum atomic E-state index is 12.0. The standard InChI is InChI=1S/C12H15N3O3/c1-2-8-18-11(16)9-15-12(17)14-7-5-3-4-6-10(14)13-15/h1H,3-9H2. The summed E-state index contributed by atoms with van der Waals surface area (Å²) in [5.74, 6) is 2.41. The van der Waals surface area contributed by atoms with Crippen molar-refractivity contribution in [2.24, 2.45) is 0 Å². The number of esters is 1. The molecule has 0 spiro atoms. The molecule has 1 aliphatic heterocycles. The van der Waals surface area contributed by atoms with Gasteiger partial charge in [0.25, 0.3) is 0 Å². The molecule has 0 fully saturated rings. The molecule has 18 heavy (non-hydrogen) atoms. The van der Waals surface area contributed by atoms with Gasteiger partial charge in [0.1, 0.15) is 12.4 Å². The van der Waals surface area contributed by atoms with Gasteiger partial charge in [0.05, 0.1) is 0 Å². The maximum absolute atomic E-state index is 12.0. The largest absolute Gasteiger partial charge is 0.451 e. The van der Waals surface area contributed by atoms with Crippen LogP contribution < -0.4 is 5.69 Å². The van der Waals surface area contributed by atoms with Crippen LogP contribution in [-0.2, 0) is 29.0 Å². The second kappa shape index (κ2) is 5.54. The maximum Gasteiger partial charge on any atom is 0.346 e. The van der Waals surface area contributed by atoms with Crippen molar-refractivity contribution in [3.63, 3.8) is 0 Å². The fraction of sp³-hybridized carbons (Fsp3) is 0.583. The van der Waals surface area contributed by atoms with Crippen molar-refractivity contribution in [1.82, 2.24) is 14.3 Å². The molecule has 0 saturated heterocycles. The zero-order valence-corrected chi connectivity index (χ0v) is 10.1. The van der Waals surface area contributed by atoms with Crippen LogP contribution in [0.1, 0.15) is 25.1 Å². The first-order valence-corrected chi connectivity index (χ1v) is 5.98. The summed E-state index contributed by atoms with van der Waals surface area (Å²) in [7, 11) is 0. The zero-order chi connectivity index (χ0) is 13.0. The number of carbonyl (C=O) groups is 1. The van der Waals surface area contributed by atoms with Crippen molar-refractivity contribution in [1.29, 1.82) is 0 Å². The van der Waals surface area contributed by atoms with Crippen LogP contribution in [0, 0.1) is 12.3 Å². The third-order valence-electron chi connectivity index (χ3n) is 2.88. The topological polar surface area (TPSA) is 66.1 Å². The van der Waals surface area contributed by atoms with E-state index in [1.807, 2.05) is 0 Å². The average molecular weight is 249 g/mol. The van der Waals surface area contributed by atoms with E-state index in [1.165, 1.54) is 0 Å². The first-order valence-electron chi connectivity index (χ1n) is 5.98. The lowest BCUT2D eigenvalue weighted by Crippen LogP contribution is -2.28. The summed E-state index contributed by atoms with van der Waals surface area (Å²) in [6.07, 6.45) is 8.86. The number of ether oxygens (including phenoxy) is 1. The molecular weight excluding hydrogens is 234 g/mol. The van der Waals surface area contributed by atoms with Crippen LogP contribution in [0.4, 0.5) is 0 Å². The number of hydrogen-bond donors (Lipinski definition) is 0. The van der Waals surface area contributed by atoms with Crippen LogP contribution in [0.3, 0.4) is 0 Å². The summed E-state index contributed by atoms with van der Waals surface area (Å²) in [4.78, 5) is 23.4. The molecule has 1 aromatic rings. The number of carbonyl (C=O) groups excluding carboxylic acids is 1. The van der Waals surface area contributed by atoms with Crippen molar-refractivity contribution in [3.05, 3.63) is 16.3 Å². The molecular formula is C12H15N3O3. The van der Waals surface area contributed by atoms with Crippen LogP contribution in [0.2, 0.25) is 0 Å². The van der Waals surface area contributed by atoms with Gasteiger partial charge in [0.2, 0.25) is 0 Å². The van der Waals surface area contributed by atoms with E-state index in [0.717, 1.165) is 36.2 Å². The predicted molar refractivity (Wildman–Crippen MR) is 63.8 cm³/mol. The van der Waals surface area contributed by atoms with E-state index < -0.39 is 5.97 Å². The normalized spacial score (nSPS) is 14.4. The van der Waals surface area contributed by atoms with Gasteiger partial charge in [0, 0.05) is 13.0 Å². The van der Waals surface area contributed by atoms with Crippen molar-refractivity contribution >= 4 is 5.97 Å². The Morgan fingerprint density at radius 1 is 1.44 bits per heavy atom. The highest BCUT2D eigenvalue weighted by atomic mass is 16.5. The quantitative estimate of drug-likeness (QED) is 0.556. The smallest absolute Gasteiger partial charge is 0.346 e. The van der Waals surface area contributed by atoms with E-state index in [-0.39, 0.29) is 18.8 Å². The van der Waals surface area contributed by atoms with E-state index >= 15 is 0 Å². The Bertz CT molecular complexity index is 536. The second-order valence-electron chi connectivity index (χ2n) is 4.18. The van der Waals surface area contributed by atoms with Gasteiger partial charge in [-0.3, -0.25) is 9.36 Å². The summed E-state index contributed by atoms with van der Waals surface area (Å²) >= 11 is 0. The first-order chi connectivity index (χ1) is 8.72. The number of aryl methyl sites for hydroxylation is 1. The van der Waals surface area contributed by atoms with Crippen LogP contribution in [0.25, 0.3) is 0 Å². The van der Waals surface area contributed by atoms with E-state index in [1.54, 1.807) is 4.57 Å². The molecule has 6 heteroatoms. The number of hydrogen-bond acceptors (Lipinski definition) is 4. The van der Waals surface area contributed by atoms with Crippen molar-refractivity contribution in [2.75, 3.05) is 6.61 Å². The Balaban J connectivity index is 2.13. The Labute approximate surface area is 105 Å². The summed E-state index contributed by atoms with van der Waals surface area (Å²) in [5.41, 5.74) is -0.246. The van der Waals surface area contributed by atoms with Gasteiger partial charge in [-0.05, 0) is 12.8 Å². The molecule has 0 unspecified atom stereocenters. The molecule has 2 heterocycles. The SMILES string of the molecule is C#CCOC(=O)Cn1nc2n(c1=O)CCCCC2. The van der Waals surface area contributed by atoms with E-state index in [9.17, 15) is 9.59 Å². The Hall–Kier alpha value is -2.03. The van der Waals surface area contributed by atoms with Crippen LogP contribution in [-0.4, -0.2) is 26.9 Å². The second-order valence-corrected chi connectivity index (χ2v) is 4.18. The fourth-order valence-corrected chi connectivity index (χ4v) is 2.02. The lowest BCUT2D eigenvalue weighted by atomic mass is 10.2. The number of terminal acetylenes is 1. The van der Waals surface area contributed by atoms with E-state index in [4.69, 9.17) is 11.2 Å². The molecule has 6 nitrogen and oxygen atoms in total. The molecule has 96 valence electrons. The van der Waals surface area contributed by atoms with Gasteiger partial charge in [-0.1, -0.05) is 12.3 Å². The number of fused-ring (bicyclic) bond motifs is 1. The first kappa shape index (κ1) is 12.4. The number of aromatic nitrogens is 3.